The predicted octanol–water partition coefficient (Wildman–Crippen LogP) is 0.551. The number of Topliss-reactive ketones (excluding diaryl/α,β-unsaturated/α-hetero) is 1. The average Bonchev–Trinajstić information content (AvgIpc) is 2.09. The molecular formula is C10H15NO3. The molecule has 1 atom stereocenters. The van der Waals surface area contributed by atoms with Gasteiger partial charge in [-0.1, -0.05) is 5.92 Å². The normalized spacial score (nSPS) is 11.3. The summed E-state index contributed by atoms with van der Waals surface area (Å²) in [5.74, 6) is 4.00. The highest BCUT2D eigenvalue weighted by molar-refractivity contribution is 5.99. The number of carbonyl (C=O) groups is 2. The van der Waals surface area contributed by atoms with Crippen molar-refractivity contribution in [2.24, 2.45) is 5.73 Å². The first-order valence-electron chi connectivity index (χ1n) is 4.54. The van der Waals surface area contributed by atoms with Crippen LogP contribution in [-0.2, 0) is 9.59 Å². The fraction of sp³-hybridized carbons (Fsp3) is 0.600. The Morgan fingerprint density at radius 2 is 2.07 bits per heavy atom. The van der Waals surface area contributed by atoms with Crippen molar-refractivity contribution in [2.75, 3.05) is 0 Å². The number of carboxylic acid groups (broad SMARTS) is 1. The van der Waals surface area contributed by atoms with Gasteiger partial charge in [0.15, 0.2) is 0 Å². The van der Waals surface area contributed by atoms with Gasteiger partial charge in [-0.2, -0.15) is 0 Å². The Kier molecular flexibility index (Phi) is 6.42. The zero-order chi connectivity index (χ0) is 11.0. The molecule has 0 amide bonds. The quantitative estimate of drug-likeness (QED) is 0.383. The molecule has 14 heavy (non-hydrogen) atoms. The maximum absolute atomic E-state index is 10.9. The van der Waals surface area contributed by atoms with Gasteiger partial charge in [-0.25, -0.2) is 0 Å². The summed E-state index contributed by atoms with van der Waals surface area (Å²) in [5, 5.41) is 8.32. The lowest BCUT2D eigenvalue weighted by atomic mass is 10.2. The van der Waals surface area contributed by atoms with E-state index in [1.807, 2.05) is 0 Å². The number of aliphatic carboxylic acids is 1. The van der Waals surface area contributed by atoms with E-state index in [2.05, 4.69) is 11.8 Å². The van der Waals surface area contributed by atoms with Crippen LogP contribution in [0.3, 0.4) is 0 Å². The van der Waals surface area contributed by atoms with E-state index in [1.165, 1.54) is 0 Å². The summed E-state index contributed by atoms with van der Waals surface area (Å²) in [7, 11) is 0. The molecule has 4 nitrogen and oxygen atoms in total. The highest BCUT2D eigenvalue weighted by Crippen LogP contribution is 1.98. The van der Waals surface area contributed by atoms with Crippen molar-refractivity contribution in [2.45, 2.75) is 38.6 Å². The number of hydrogen-bond acceptors (Lipinski definition) is 3. The van der Waals surface area contributed by atoms with Gasteiger partial charge in [-0.3, -0.25) is 9.59 Å². The first kappa shape index (κ1) is 12.7. The van der Waals surface area contributed by atoms with E-state index in [0.717, 1.165) is 0 Å². The highest BCUT2D eigenvalue weighted by atomic mass is 16.4. The third kappa shape index (κ3) is 7.32. The van der Waals surface area contributed by atoms with Crippen LogP contribution in [0.25, 0.3) is 0 Å². The van der Waals surface area contributed by atoms with Gasteiger partial charge in [-0.05, 0) is 25.7 Å². The number of rotatable bonds is 5. The zero-order valence-electron chi connectivity index (χ0n) is 8.25. The molecule has 78 valence electrons. The van der Waals surface area contributed by atoms with Crippen LogP contribution in [-0.4, -0.2) is 22.9 Å². The van der Waals surface area contributed by atoms with Crippen molar-refractivity contribution in [3.63, 3.8) is 0 Å². The number of carbonyl (C=O) groups excluding carboxylic acids is 1. The van der Waals surface area contributed by atoms with Crippen LogP contribution in [0.4, 0.5) is 0 Å². The monoisotopic (exact) mass is 197 g/mol. The minimum atomic E-state index is -0.801. The van der Waals surface area contributed by atoms with Gasteiger partial charge in [0.1, 0.15) is 0 Å². The Bertz CT molecular complexity index is 260. The van der Waals surface area contributed by atoms with Crippen LogP contribution in [0, 0.1) is 11.8 Å². The Labute approximate surface area is 83.5 Å². The number of hydrogen-bond donors (Lipinski definition) is 2. The van der Waals surface area contributed by atoms with Crippen LogP contribution >= 0.6 is 0 Å². The van der Waals surface area contributed by atoms with Crippen LogP contribution < -0.4 is 5.73 Å². The smallest absolute Gasteiger partial charge is 0.303 e. The van der Waals surface area contributed by atoms with Gasteiger partial charge in [-0.15, -0.1) is 0 Å². The van der Waals surface area contributed by atoms with E-state index in [9.17, 15) is 9.59 Å². The van der Waals surface area contributed by atoms with Gasteiger partial charge in [0.05, 0.1) is 6.04 Å². The second kappa shape index (κ2) is 7.10. The van der Waals surface area contributed by atoms with Crippen molar-refractivity contribution in [1.29, 1.82) is 0 Å². The summed E-state index contributed by atoms with van der Waals surface area (Å²) in [6.07, 6.45) is 2.00. The third-order valence-corrected chi connectivity index (χ3v) is 1.57. The summed E-state index contributed by atoms with van der Waals surface area (Å²) in [6.45, 7) is 1.58. The fourth-order valence-corrected chi connectivity index (χ4v) is 0.753. The minimum Gasteiger partial charge on any atom is -0.481 e. The lowest BCUT2D eigenvalue weighted by Gasteiger charge is -1.93. The lowest BCUT2D eigenvalue weighted by molar-refractivity contribution is -0.137. The van der Waals surface area contributed by atoms with Gasteiger partial charge in [0.25, 0.3) is 0 Å². The summed E-state index contributed by atoms with van der Waals surface area (Å²) in [4.78, 5) is 21.0. The minimum absolute atomic E-state index is 0.156. The molecular weight excluding hydrogens is 182 g/mol. The van der Waals surface area contributed by atoms with Crippen molar-refractivity contribution < 1.29 is 14.7 Å². The SMILES string of the molecule is C[C@H](N)C(=O)C#CCCCCC(=O)O. The van der Waals surface area contributed by atoms with Crippen LogP contribution in [0.1, 0.15) is 32.6 Å². The number of carboxylic acids is 1. The second-order valence-corrected chi connectivity index (χ2v) is 3.06. The van der Waals surface area contributed by atoms with Crippen LogP contribution in [0.5, 0.6) is 0 Å². The summed E-state index contributed by atoms with van der Waals surface area (Å²) in [6, 6.07) is -0.540. The lowest BCUT2D eigenvalue weighted by Crippen LogP contribution is -2.24. The fourth-order valence-electron chi connectivity index (χ4n) is 0.753. The highest BCUT2D eigenvalue weighted by Gasteiger charge is 2.01. The van der Waals surface area contributed by atoms with Crippen molar-refractivity contribution in [3.05, 3.63) is 0 Å². The van der Waals surface area contributed by atoms with E-state index in [1.54, 1.807) is 6.92 Å². The van der Waals surface area contributed by atoms with E-state index < -0.39 is 12.0 Å². The largest absolute Gasteiger partial charge is 0.481 e. The number of nitrogens with two attached hydrogens (primary N) is 1. The van der Waals surface area contributed by atoms with Gasteiger partial charge in [0, 0.05) is 12.8 Å². The maximum atomic E-state index is 10.9. The van der Waals surface area contributed by atoms with E-state index in [0.29, 0.717) is 19.3 Å². The van der Waals surface area contributed by atoms with Crippen molar-refractivity contribution >= 4 is 11.8 Å². The molecule has 0 bridgehead atoms. The van der Waals surface area contributed by atoms with Gasteiger partial charge < -0.3 is 10.8 Å². The zero-order valence-corrected chi connectivity index (χ0v) is 8.25. The summed E-state index contributed by atoms with van der Waals surface area (Å²) < 4.78 is 0. The Morgan fingerprint density at radius 1 is 1.43 bits per heavy atom. The van der Waals surface area contributed by atoms with Crippen LogP contribution in [0.2, 0.25) is 0 Å². The Morgan fingerprint density at radius 3 is 2.57 bits per heavy atom. The maximum Gasteiger partial charge on any atom is 0.303 e. The van der Waals surface area contributed by atoms with E-state index in [4.69, 9.17) is 10.8 Å². The molecule has 0 unspecified atom stereocenters. The molecule has 0 aliphatic heterocycles. The summed E-state index contributed by atoms with van der Waals surface area (Å²) >= 11 is 0. The molecule has 0 saturated carbocycles. The molecule has 3 N–H and O–H groups in total. The van der Waals surface area contributed by atoms with Crippen molar-refractivity contribution in [1.82, 2.24) is 0 Å². The van der Waals surface area contributed by atoms with Gasteiger partial charge >= 0.3 is 5.97 Å². The molecule has 0 spiro atoms. The molecule has 0 saturated heterocycles. The predicted molar refractivity (Wildman–Crippen MR) is 52.5 cm³/mol. The second-order valence-electron chi connectivity index (χ2n) is 3.06. The average molecular weight is 197 g/mol. The molecule has 0 aromatic heterocycles. The molecule has 0 aliphatic carbocycles. The van der Waals surface area contributed by atoms with Gasteiger partial charge in [0.2, 0.25) is 5.78 Å². The summed E-state index contributed by atoms with van der Waals surface area (Å²) in [5.41, 5.74) is 5.29. The standard InChI is InChI=1S/C10H15NO3/c1-8(11)9(12)6-4-2-3-5-7-10(13)14/h8H,2-3,5,7,11H2,1H3,(H,13,14)/t8-/m0/s1. The molecule has 0 rings (SSSR count). The van der Waals surface area contributed by atoms with Crippen LogP contribution in [0.15, 0.2) is 0 Å². The molecule has 0 aromatic rings. The molecule has 0 fully saturated rings. The first-order valence-corrected chi connectivity index (χ1v) is 4.54. The Balaban J connectivity index is 3.53. The van der Waals surface area contributed by atoms with E-state index in [-0.39, 0.29) is 12.2 Å². The first-order chi connectivity index (χ1) is 6.54. The van der Waals surface area contributed by atoms with Crippen molar-refractivity contribution in [3.8, 4) is 11.8 Å². The van der Waals surface area contributed by atoms with E-state index >= 15 is 0 Å². The molecule has 0 aliphatic rings. The molecule has 0 radical (unpaired) electrons. The number of ketones is 1. The third-order valence-electron chi connectivity index (χ3n) is 1.57. The molecule has 4 heteroatoms. The topological polar surface area (TPSA) is 80.4 Å². The molecule has 0 aromatic carbocycles. The number of unbranched alkanes of at least 4 members (excludes halogenated alkanes) is 2. The Hall–Kier alpha value is -1.34. The molecule has 0 heterocycles.